The molecular formula is C18H16ClN5O. The number of carbonyl (C=O) groups excluding carboxylic acids is 1. The lowest BCUT2D eigenvalue weighted by molar-refractivity contribution is 0.262. The van der Waals surface area contributed by atoms with Gasteiger partial charge in [0.25, 0.3) is 0 Å². The molecule has 4 rings (SSSR count). The second-order valence-electron chi connectivity index (χ2n) is 5.51. The first-order valence-corrected chi connectivity index (χ1v) is 7.53. The van der Waals surface area contributed by atoms with Crippen LogP contribution in [0.1, 0.15) is 0 Å². The molecule has 0 aliphatic rings. The van der Waals surface area contributed by atoms with Gasteiger partial charge in [0.2, 0.25) is 0 Å². The van der Waals surface area contributed by atoms with Gasteiger partial charge in [0.1, 0.15) is 5.52 Å². The Balaban J connectivity index is 0.00000182. The molecule has 0 aliphatic carbocycles. The number of amides is 2. The fraction of sp³-hybridized carbons (Fsp3) is 0.0556. The molecule has 3 heterocycles. The van der Waals surface area contributed by atoms with Gasteiger partial charge in [0.15, 0.2) is 0 Å². The van der Waals surface area contributed by atoms with Gasteiger partial charge in [-0.15, -0.1) is 12.4 Å². The van der Waals surface area contributed by atoms with E-state index < -0.39 is 0 Å². The molecule has 0 unspecified atom stereocenters. The molecule has 6 nitrogen and oxygen atoms in total. The van der Waals surface area contributed by atoms with E-state index in [1.54, 1.807) is 18.5 Å². The minimum atomic E-state index is -0.316. The highest BCUT2D eigenvalue weighted by Crippen LogP contribution is 2.21. The number of carbonyl (C=O) groups is 1. The van der Waals surface area contributed by atoms with Crippen LogP contribution in [-0.2, 0) is 7.05 Å². The number of benzene rings is 1. The van der Waals surface area contributed by atoms with Crippen LogP contribution in [0.25, 0.3) is 21.9 Å². The maximum absolute atomic E-state index is 12.3. The Kier molecular flexibility index (Phi) is 4.54. The maximum Gasteiger partial charge on any atom is 0.323 e. The Morgan fingerprint density at radius 2 is 1.92 bits per heavy atom. The van der Waals surface area contributed by atoms with Crippen LogP contribution >= 0.6 is 12.4 Å². The van der Waals surface area contributed by atoms with Gasteiger partial charge in [0.05, 0.1) is 11.2 Å². The summed E-state index contributed by atoms with van der Waals surface area (Å²) in [7, 11) is 1.99. The van der Waals surface area contributed by atoms with Crippen LogP contribution in [0, 0.1) is 0 Å². The molecule has 25 heavy (non-hydrogen) atoms. The number of nitrogens with zero attached hydrogens (tertiary/aromatic N) is 3. The second-order valence-corrected chi connectivity index (χ2v) is 5.51. The predicted octanol–water partition coefficient (Wildman–Crippen LogP) is 4.19. The molecule has 0 radical (unpaired) electrons. The van der Waals surface area contributed by atoms with E-state index >= 15 is 0 Å². The molecule has 0 fully saturated rings. The van der Waals surface area contributed by atoms with Gasteiger partial charge >= 0.3 is 6.03 Å². The third-order valence-corrected chi connectivity index (χ3v) is 3.89. The number of pyridine rings is 2. The summed E-state index contributed by atoms with van der Waals surface area (Å²) in [6.45, 7) is 0. The number of hydrogen-bond acceptors (Lipinski definition) is 3. The molecule has 0 atom stereocenters. The van der Waals surface area contributed by atoms with Crippen molar-refractivity contribution >= 4 is 51.7 Å². The van der Waals surface area contributed by atoms with Crippen LogP contribution in [0.4, 0.5) is 16.2 Å². The van der Waals surface area contributed by atoms with E-state index in [-0.39, 0.29) is 18.4 Å². The molecule has 0 saturated carbocycles. The maximum atomic E-state index is 12.3. The first-order valence-electron chi connectivity index (χ1n) is 7.53. The van der Waals surface area contributed by atoms with Gasteiger partial charge in [-0.05, 0) is 42.5 Å². The summed E-state index contributed by atoms with van der Waals surface area (Å²) in [6.07, 6.45) is 5.31. The van der Waals surface area contributed by atoms with E-state index in [1.807, 2.05) is 54.2 Å². The highest BCUT2D eigenvalue weighted by atomic mass is 35.5. The van der Waals surface area contributed by atoms with E-state index in [0.29, 0.717) is 11.2 Å². The van der Waals surface area contributed by atoms with Crippen molar-refractivity contribution in [1.29, 1.82) is 0 Å². The second kappa shape index (κ2) is 6.78. The van der Waals surface area contributed by atoms with E-state index in [2.05, 4.69) is 20.6 Å². The Hall–Kier alpha value is -3.12. The first-order chi connectivity index (χ1) is 11.7. The number of anilines is 2. The molecule has 4 aromatic rings. The standard InChI is InChI=1S/C18H15N5O.ClH/c1-23-10-7-12-11-13(4-5-16(12)23)21-18(24)22-15-6-9-19-14-3-2-8-20-17(14)15;/h2-11H,1H3,(H2,19,21,22,24);1H. The lowest BCUT2D eigenvalue weighted by Gasteiger charge is -2.09. The molecule has 0 saturated heterocycles. The van der Waals surface area contributed by atoms with Crippen LogP contribution in [0.3, 0.4) is 0 Å². The molecule has 0 spiro atoms. The largest absolute Gasteiger partial charge is 0.351 e. The quantitative estimate of drug-likeness (QED) is 0.567. The van der Waals surface area contributed by atoms with Gasteiger partial charge in [-0.25, -0.2) is 4.79 Å². The summed E-state index contributed by atoms with van der Waals surface area (Å²) < 4.78 is 2.04. The SMILES string of the molecule is Cl.Cn1ccc2cc(NC(=O)Nc3ccnc4cccnc34)ccc21. The summed E-state index contributed by atoms with van der Waals surface area (Å²) in [5.74, 6) is 0. The summed E-state index contributed by atoms with van der Waals surface area (Å²) in [4.78, 5) is 20.8. The van der Waals surface area contributed by atoms with Gasteiger partial charge < -0.3 is 15.2 Å². The molecule has 2 amide bonds. The molecule has 0 bridgehead atoms. The summed E-state index contributed by atoms with van der Waals surface area (Å²) in [5.41, 5.74) is 3.87. The van der Waals surface area contributed by atoms with Crippen LogP contribution in [-0.4, -0.2) is 20.6 Å². The smallest absolute Gasteiger partial charge is 0.323 e. The van der Waals surface area contributed by atoms with E-state index in [1.165, 1.54) is 0 Å². The molecule has 0 aliphatic heterocycles. The lowest BCUT2D eigenvalue weighted by atomic mass is 10.2. The van der Waals surface area contributed by atoms with Crippen LogP contribution in [0.15, 0.2) is 61.1 Å². The summed E-state index contributed by atoms with van der Waals surface area (Å²) in [5, 5.41) is 6.75. The van der Waals surface area contributed by atoms with Crippen molar-refractivity contribution in [1.82, 2.24) is 14.5 Å². The molecule has 1 aromatic carbocycles. The molecule has 7 heteroatoms. The van der Waals surface area contributed by atoms with Crippen molar-refractivity contribution in [3.8, 4) is 0 Å². The van der Waals surface area contributed by atoms with Crippen LogP contribution in [0.5, 0.6) is 0 Å². The number of nitrogens with one attached hydrogen (secondary N) is 2. The zero-order chi connectivity index (χ0) is 16.5. The van der Waals surface area contributed by atoms with Crippen molar-refractivity contribution in [3.63, 3.8) is 0 Å². The number of aromatic nitrogens is 3. The Bertz CT molecular complexity index is 1050. The van der Waals surface area contributed by atoms with Gasteiger partial charge in [-0.2, -0.15) is 0 Å². The number of fused-ring (bicyclic) bond motifs is 2. The Morgan fingerprint density at radius 3 is 2.80 bits per heavy atom. The Morgan fingerprint density at radius 1 is 1.04 bits per heavy atom. The van der Waals surface area contributed by atoms with Crippen molar-refractivity contribution < 1.29 is 4.79 Å². The number of hydrogen-bond donors (Lipinski definition) is 2. The fourth-order valence-corrected chi connectivity index (χ4v) is 2.72. The molecule has 3 aromatic heterocycles. The number of urea groups is 1. The number of aryl methyl sites for hydroxylation is 1. The third-order valence-electron chi connectivity index (χ3n) is 3.89. The van der Waals surface area contributed by atoms with E-state index in [9.17, 15) is 4.79 Å². The fourth-order valence-electron chi connectivity index (χ4n) is 2.72. The average Bonchev–Trinajstić information content (AvgIpc) is 2.96. The van der Waals surface area contributed by atoms with Gasteiger partial charge in [0, 0.05) is 42.2 Å². The molecule has 126 valence electrons. The van der Waals surface area contributed by atoms with Crippen molar-refractivity contribution in [2.24, 2.45) is 7.05 Å². The monoisotopic (exact) mass is 353 g/mol. The third kappa shape index (κ3) is 3.25. The van der Waals surface area contributed by atoms with Crippen LogP contribution in [0.2, 0.25) is 0 Å². The van der Waals surface area contributed by atoms with Gasteiger partial charge in [-0.3, -0.25) is 9.97 Å². The Labute approximate surface area is 150 Å². The average molecular weight is 354 g/mol. The van der Waals surface area contributed by atoms with Crippen molar-refractivity contribution in [2.75, 3.05) is 10.6 Å². The normalized spacial score (nSPS) is 10.4. The minimum Gasteiger partial charge on any atom is -0.351 e. The topological polar surface area (TPSA) is 71.8 Å². The highest BCUT2D eigenvalue weighted by molar-refractivity contribution is 6.05. The zero-order valence-electron chi connectivity index (χ0n) is 13.4. The van der Waals surface area contributed by atoms with Crippen LogP contribution < -0.4 is 10.6 Å². The summed E-state index contributed by atoms with van der Waals surface area (Å²) >= 11 is 0. The van der Waals surface area contributed by atoms with E-state index in [4.69, 9.17) is 0 Å². The number of rotatable bonds is 2. The summed E-state index contributed by atoms with van der Waals surface area (Å²) in [6, 6.07) is 12.9. The molecule has 2 N–H and O–H groups in total. The predicted molar refractivity (Wildman–Crippen MR) is 102 cm³/mol. The minimum absolute atomic E-state index is 0. The first kappa shape index (κ1) is 16.7. The lowest BCUT2D eigenvalue weighted by Crippen LogP contribution is -2.19. The highest BCUT2D eigenvalue weighted by Gasteiger charge is 2.08. The molecular weight excluding hydrogens is 338 g/mol. The van der Waals surface area contributed by atoms with Crippen molar-refractivity contribution in [3.05, 3.63) is 61.1 Å². The number of halogens is 1. The van der Waals surface area contributed by atoms with Gasteiger partial charge in [-0.1, -0.05) is 0 Å². The zero-order valence-corrected chi connectivity index (χ0v) is 14.2. The van der Waals surface area contributed by atoms with E-state index in [0.717, 1.165) is 22.1 Å². The van der Waals surface area contributed by atoms with Crippen molar-refractivity contribution in [2.45, 2.75) is 0 Å².